The monoisotopic (exact) mass is 206 g/mol. The van der Waals surface area contributed by atoms with Crippen LogP contribution >= 0.6 is 0 Å². The molecule has 0 unspecified atom stereocenters. The van der Waals surface area contributed by atoms with E-state index in [-0.39, 0.29) is 0 Å². The largest absolute Gasteiger partial charge is 0.481 e. The maximum Gasteiger partial charge on any atom is 0.308 e. The number of benzene rings is 1. The van der Waals surface area contributed by atoms with Gasteiger partial charge >= 0.3 is 5.97 Å². The standard InChI is InChI=1S/C8H8.C5H10O2/c1-2-8-6-4-3-5-7-8;1-5(2,3)4(6)7/h2-7H,1H2;1-3H3,(H,6,7). The van der Waals surface area contributed by atoms with Crippen molar-refractivity contribution >= 4 is 12.0 Å². The summed E-state index contributed by atoms with van der Waals surface area (Å²) >= 11 is 0. The van der Waals surface area contributed by atoms with Gasteiger partial charge in [-0.1, -0.05) is 43.0 Å². The second kappa shape index (κ2) is 6.02. The van der Waals surface area contributed by atoms with Crippen molar-refractivity contribution in [2.45, 2.75) is 20.8 Å². The number of hydrogen-bond acceptors (Lipinski definition) is 1. The third-order valence-corrected chi connectivity index (χ3v) is 1.68. The fraction of sp³-hybridized carbons (Fsp3) is 0.308. The van der Waals surface area contributed by atoms with E-state index in [0.29, 0.717) is 0 Å². The van der Waals surface area contributed by atoms with Crippen LogP contribution in [0.4, 0.5) is 0 Å². The summed E-state index contributed by atoms with van der Waals surface area (Å²) in [6.45, 7) is 8.62. The Balaban J connectivity index is 0.000000265. The molecule has 1 rings (SSSR count). The van der Waals surface area contributed by atoms with Crippen LogP contribution in [-0.2, 0) is 4.79 Å². The van der Waals surface area contributed by atoms with E-state index in [1.54, 1.807) is 20.8 Å². The van der Waals surface area contributed by atoms with E-state index in [4.69, 9.17) is 5.11 Å². The highest BCUT2D eigenvalue weighted by Gasteiger charge is 2.18. The summed E-state index contributed by atoms with van der Waals surface area (Å²) in [5.74, 6) is -0.757. The fourth-order valence-corrected chi connectivity index (χ4v) is 0.589. The molecule has 0 aliphatic carbocycles. The molecule has 0 saturated heterocycles. The van der Waals surface area contributed by atoms with E-state index in [0.717, 1.165) is 0 Å². The number of rotatable bonds is 1. The molecule has 0 aromatic heterocycles. The first-order chi connectivity index (χ1) is 6.88. The van der Waals surface area contributed by atoms with Crippen LogP contribution in [0.1, 0.15) is 26.3 Å². The van der Waals surface area contributed by atoms with Gasteiger partial charge in [-0.15, -0.1) is 0 Å². The second-order valence-electron chi connectivity index (χ2n) is 4.17. The summed E-state index contributed by atoms with van der Waals surface area (Å²) in [6.07, 6.45) is 1.83. The minimum absolute atomic E-state index is 0.583. The zero-order valence-corrected chi connectivity index (χ0v) is 9.53. The highest BCUT2D eigenvalue weighted by atomic mass is 16.4. The Labute approximate surface area is 91.3 Å². The van der Waals surface area contributed by atoms with E-state index in [9.17, 15) is 4.79 Å². The first-order valence-corrected chi connectivity index (χ1v) is 4.79. The summed E-state index contributed by atoms with van der Waals surface area (Å²) in [5, 5.41) is 8.25. The SMILES string of the molecule is C=Cc1ccccc1.CC(C)(C)C(=O)O. The number of carboxylic acid groups (broad SMARTS) is 1. The summed E-state index contributed by atoms with van der Waals surface area (Å²) in [5.41, 5.74) is 0.590. The number of aliphatic carboxylic acids is 1. The second-order valence-corrected chi connectivity index (χ2v) is 4.17. The molecule has 0 fully saturated rings. The van der Waals surface area contributed by atoms with Crippen LogP contribution in [-0.4, -0.2) is 11.1 Å². The van der Waals surface area contributed by atoms with Gasteiger partial charge in [-0.25, -0.2) is 0 Å². The molecule has 0 atom stereocenters. The molecule has 82 valence electrons. The van der Waals surface area contributed by atoms with Crippen molar-refractivity contribution in [3.05, 3.63) is 42.5 Å². The molecule has 1 aromatic rings. The van der Waals surface area contributed by atoms with Crippen LogP contribution < -0.4 is 0 Å². The van der Waals surface area contributed by atoms with Gasteiger partial charge in [-0.2, -0.15) is 0 Å². The van der Waals surface area contributed by atoms with Gasteiger partial charge in [0.2, 0.25) is 0 Å². The maximum absolute atomic E-state index is 10.0. The zero-order valence-electron chi connectivity index (χ0n) is 9.53. The molecule has 1 aromatic carbocycles. The molecule has 0 saturated carbocycles. The predicted octanol–water partition coefficient (Wildman–Crippen LogP) is 3.45. The third-order valence-electron chi connectivity index (χ3n) is 1.68. The summed E-state index contributed by atoms with van der Waals surface area (Å²) in [7, 11) is 0. The number of carbonyl (C=O) groups is 1. The van der Waals surface area contributed by atoms with Crippen molar-refractivity contribution in [1.29, 1.82) is 0 Å². The molecular formula is C13H18O2. The lowest BCUT2D eigenvalue weighted by atomic mass is 9.98. The zero-order chi connectivity index (χ0) is 11.9. The summed E-state index contributed by atoms with van der Waals surface area (Å²) < 4.78 is 0. The lowest BCUT2D eigenvalue weighted by Crippen LogP contribution is -2.18. The number of carboxylic acids is 1. The molecule has 2 nitrogen and oxygen atoms in total. The van der Waals surface area contributed by atoms with Gasteiger partial charge in [0.15, 0.2) is 0 Å². The van der Waals surface area contributed by atoms with E-state index >= 15 is 0 Å². The van der Waals surface area contributed by atoms with Crippen molar-refractivity contribution < 1.29 is 9.90 Å². The predicted molar refractivity (Wildman–Crippen MR) is 63.6 cm³/mol. The first-order valence-electron chi connectivity index (χ1n) is 4.79. The van der Waals surface area contributed by atoms with Crippen LogP contribution in [0.3, 0.4) is 0 Å². The molecule has 0 spiro atoms. The van der Waals surface area contributed by atoms with Crippen molar-refractivity contribution in [2.24, 2.45) is 5.41 Å². The fourth-order valence-electron chi connectivity index (χ4n) is 0.589. The smallest absolute Gasteiger partial charge is 0.308 e. The van der Waals surface area contributed by atoms with Crippen molar-refractivity contribution in [3.63, 3.8) is 0 Å². The average Bonchev–Trinajstić information content (AvgIpc) is 2.18. The van der Waals surface area contributed by atoms with Gasteiger partial charge in [-0.05, 0) is 26.3 Å². The molecule has 0 radical (unpaired) electrons. The van der Waals surface area contributed by atoms with E-state index < -0.39 is 11.4 Å². The molecule has 1 N–H and O–H groups in total. The Morgan fingerprint density at radius 2 is 1.67 bits per heavy atom. The average molecular weight is 206 g/mol. The van der Waals surface area contributed by atoms with Crippen LogP contribution in [0.15, 0.2) is 36.9 Å². The van der Waals surface area contributed by atoms with Crippen molar-refractivity contribution in [1.82, 2.24) is 0 Å². The lowest BCUT2D eigenvalue weighted by Gasteiger charge is -2.08. The first kappa shape index (κ1) is 13.4. The highest BCUT2D eigenvalue weighted by Crippen LogP contribution is 2.11. The molecule has 0 heterocycles. The Bertz CT molecular complexity index is 307. The summed E-state index contributed by atoms with van der Waals surface area (Å²) in [4.78, 5) is 10.0. The highest BCUT2D eigenvalue weighted by molar-refractivity contribution is 5.72. The normalized spacial score (nSPS) is 9.80. The van der Waals surface area contributed by atoms with E-state index in [1.165, 1.54) is 5.56 Å². The van der Waals surface area contributed by atoms with Crippen molar-refractivity contribution in [3.8, 4) is 0 Å². The Hall–Kier alpha value is -1.57. The lowest BCUT2D eigenvalue weighted by molar-refractivity contribution is -0.145. The van der Waals surface area contributed by atoms with E-state index in [2.05, 4.69) is 6.58 Å². The number of hydrogen-bond donors (Lipinski definition) is 1. The molecule has 0 aliphatic heterocycles. The van der Waals surface area contributed by atoms with Gasteiger partial charge < -0.3 is 5.11 Å². The van der Waals surface area contributed by atoms with Crippen LogP contribution in [0, 0.1) is 5.41 Å². The van der Waals surface area contributed by atoms with Gasteiger partial charge in [0.1, 0.15) is 0 Å². The van der Waals surface area contributed by atoms with Gasteiger partial charge in [0.25, 0.3) is 0 Å². The summed E-state index contributed by atoms with van der Waals surface area (Å²) in [6, 6.07) is 10.0. The van der Waals surface area contributed by atoms with Gasteiger partial charge in [0, 0.05) is 0 Å². The molecule has 2 heteroatoms. The minimum Gasteiger partial charge on any atom is -0.481 e. The van der Waals surface area contributed by atoms with Crippen LogP contribution in [0.2, 0.25) is 0 Å². The molecule has 15 heavy (non-hydrogen) atoms. The maximum atomic E-state index is 10.0. The van der Waals surface area contributed by atoms with Crippen LogP contribution in [0.5, 0.6) is 0 Å². The topological polar surface area (TPSA) is 37.3 Å². The molecular weight excluding hydrogens is 188 g/mol. The molecule has 0 amide bonds. The third kappa shape index (κ3) is 6.49. The Morgan fingerprint density at radius 3 is 1.87 bits per heavy atom. The van der Waals surface area contributed by atoms with Crippen LogP contribution in [0.25, 0.3) is 6.08 Å². The molecule has 0 aliphatic rings. The minimum atomic E-state index is -0.757. The Morgan fingerprint density at radius 1 is 1.27 bits per heavy atom. The molecule has 0 bridgehead atoms. The van der Waals surface area contributed by atoms with Crippen molar-refractivity contribution in [2.75, 3.05) is 0 Å². The Kier molecular flexibility index (Phi) is 5.39. The van der Waals surface area contributed by atoms with E-state index in [1.807, 2.05) is 36.4 Å². The van der Waals surface area contributed by atoms with Gasteiger partial charge in [0.05, 0.1) is 5.41 Å². The van der Waals surface area contributed by atoms with Gasteiger partial charge in [-0.3, -0.25) is 4.79 Å². The quantitative estimate of drug-likeness (QED) is 0.764.